The Morgan fingerprint density at radius 2 is 2.31 bits per heavy atom. The molecule has 0 saturated carbocycles. The van der Waals surface area contributed by atoms with Crippen molar-refractivity contribution in [2.24, 2.45) is 0 Å². The molecule has 0 radical (unpaired) electrons. The average Bonchev–Trinajstić information content (AvgIpc) is 2.74. The quantitative estimate of drug-likeness (QED) is 0.853. The average molecular weight is 260 g/mol. The van der Waals surface area contributed by atoms with Gasteiger partial charge in [0, 0.05) is 24.2 Å². The predicted octanol–water partition coefficient (Wildman–Crippen LogP) is 2.77. The molecule has 0 spiro atoms. The minimum atomic E-state index is -0.473. The third-order valence-electron chi connectivity index (χ3n) is 2.62. The summed E-state index contributed by atoms with van der Waals surface area (Å²) in [7, 11) is 2.08. The van der Waals surface area contributed by atoms with Gasteiger partial charge in [-0.1, -0.05) is 6.92 Å². The van der Waals surface area contributed by atoms with Gasteiger partial charge >= 0.3 is 0 Å². The summed E-state index contributed by atoms with van der Waals surface area (Å²) in [5.74, 6) is 1.11. The van der Waals surface area contributed by atoms with Gasteiger partial charge in [-0.2, -0.15) is 11.8 Å². The molecular weight excluding hydrogens is 240 g/mol. The zero-order valence-electron chi connectivity index (χ0n) is 10.3. The first-order valence-corrected chi connectivity index (χ1v) is 7.72. The summed E-state index contributed by atoms with van der Waals surface area (Å²) in [6.07, 6.45) is 2.76. The number of aliphatic hydroxyl groups is 1. The first-order chi connectivity index (χ1) is 7.60. The van der Waals surface area contributed by atoms with Crippen LogP contribution in [0.4, 0.5) is 5.13 Å². The van der Waals surface area contributed by atoms with Crippen LogP contribution in [0.1, 0.15) is 32.1 Å². The Bertz CT molecular complexity index is 315. The summed E-state index contributed by atoms with van der Waals surface area (Å²) < 4.78 is 0. The summed E-state index contributed by atoms with van der Waals surface area (Å²) in [6.45, 7) is 3.94. The molecule has 16 heavy (non-hydrogen) atoms. The van der Waals surface area contributed by atoms with E-state index in [1.807, 2.05) is 17.1 Å². The number of hydrogen-bond donors (Lipinski definition) is 1. The number of aromatic nitrogens is 1. The highest BCUT2D eigenvalue weighted by Crippen LogP contribution is 2.25. The van der Waals surface area contributed by atoms with E-state index in [-0.39, 0.29) is 0 Å². The summed E-state index contributed by atoms with van der Waals surface area (Å²) in [6, 6.07) is 0.517. The third kappa shape index (κ3) is 3.37. The zero-order chi connectivity index (χ0) is 12.1. The van der Waals surface area contributed by atoms with Crippen LogP contribution in [0, 0.1) is 0 Å². The second-order valence-electron chi connectivity index (χ2n) is 3.86. The van der Waals surface area contributed by atoms with Crippen LogP contribution in [0.3, 0.4) is 0 Å². The fourth-order valence-electron chi connectivity index (χ4n) is 1.48. The molecule has 0 aliphatic carbocycles. The predicted molar refractivity (Wildman–Crippen MR) is 73.6 cm³/mol. The number of nitrogens with zero attached hydrogens (tertiary/aromatic N) is 2. The van der Waals surface area contributed by atoms with Crippen molar-refractivity contribution < 1.29 is 5.11 Å². The number of thiazole rings is 1. The Hall–Kier alpha value is -0.260. The lowest BCUT2D eigenvalue weighted by Crippen LogP contribution is -2.33. The SMILES string of the molecule is CCC(CSC)N(C)c1nc(C(C)O)cs1. The molecule has 0 fully saturated rings. The van der Waals surface area contributed by atoms with Crippen molar-refractivity contribution in [3.63, 3.8) is 0 Å². The lowest BCUT2D eigenvalue weighted by Gasteiger charge is -2.26. The van der Waals surface area contributed by atoms with Crippen LogP contribution < -0.4 is 4.90 Å². The van der Waals surface area contributed by atoms with Crippen molar-refractivity contribution in [1.82, 2.24) is 4.98 Å². The molecule has 1 aromatic rings. The van der Waals surface area contributed by atoms with Crippen LogP contribution in [0.5, 0.6) is 0 Å². The molecule has 0 saturated heterocycles. The van der Waals surface area contributed by atoms with Gasteiger partial charge < -0.3 is 10.0 Å². The Morgan fingerprint density at radius 1 is 1.62 bits per heavy atom. The van der Waals surface area contributed by atoms with Gasteiger partial charge in [0.05, 0.1) is 11.8 Å². The number of hydrogen-bond acceptors (Lipinski definition) is 5. The van der Waals surface area contributed by atoms with Gasteiger partial charge in [-0.3, -0.25) is 0 Å². The molecule has 2 unspecified atom stereocenters. The first kappa shape index (κ1) is 13.8. The number of aliphatic hydroxyl groups excluding tert-OH is 1. The lowest BCUT2D eigenvalue weighted by atomic mass is 10.2. The monoisotopic (exact) mass is 260 g/mol. The maximum atomic E-state index is 9.44. The van der Waals surface area contributed by atoms with E-state index in [0.717, 1.165) is 23.0 Å². The standard InChI is InChI=1S/C11H20N2OS2/c1-5-9(6-15-4)13(3)11-12-10(7-16-11)8(2)14/h7-9,14H,5-6H2,1-4H3. The fraction of sp³-hybridized carbons (Fsp3) is 0.727. The molecule has 0 amide bonds. The Kier molecular flexibility index (Phi) is 5.58. The van der Waals surface area contributed by atoms with Gasteiger partial charge in [-0.15, -0.1) is 11.3 Å². The minimum absolute atomic E-state index is 0.473. The van der Waals surface area contributed by atoms with Crippen LogP contribution in [0.15, 0.2) is 5.38 Å². The molecule has 1 heterocycles. The topological polar surface area (TPSA) is 36.4 Å². The van der Waals surface area contributed by atoms with Gasteiger partial charge in [0.25, 0.3) is 0 Å². The summed E-state index contributed by atoms with van der Waals surface area (Å²) in [5.41, 5.74) is 0.769. The highest BCUT2D eigenvalue weighted by Gasteiger charge is 2.16. The van der Waals surface area contributed by atoms with E-state index in [0.29, 0.717) is 6.04 Å². The first-order valence-electron chi connectivity index (χ1n) is 5.45. The molecule has 1 N–H and O–H groups in total. The molecule has 0 bridgehead atoms. The minimum Gasteiger partial charge on any atom is -0.387 e. The van der Waals surface area contributed by atoms with Crippen LogP contribution in [0.25, 0.3) is 0 Å². The van der Waals surface area contributed by atoms with Gasteiger partial charge in [-0.25, -0.2) is 4.98 Å². The largest absolute Gasteiger partial charge is 0.387 e. The third-order valence-corrected chi connectivity index (χ3v) is 4.29. The van der Waals surface area contributed by atoms with Crippen molar-refractivity contribution >= 4 is 28.2 Å². The molecule has 2 atom stereocenters. The van der Waals surface area contributed by atoms with Gasteiger partial charge in [0.15, 0.2) is 5.13 Å². The Balaban J connectivity index is 2.73. The van der Waals surface area contributed by atoms with Crippen molar-refractivity contribution in [2.75, 3.05) is 24.0 Å². The maximum Gasteiger partial charge on any atom is 0.185 e. The second-order valence-corrected chi connectivity index (χ2v) is 5.61. The van der Waals surface area contributed by atoms with Crippen LogP contribution >= 0.6 is 23.1 Å². The molecule has 0 aliphatic rings. The second kappa shape index (κ2) is 6.47. The van der Waals surface area contributed by atoms with Crippen molar-refractivity contribution in [1.29, 1.82) is 0 Å². The van der Waals surface area contributed by atoms with E-state index >= 15 is 0 Å². The molecule has 92 valence electrons. The van der Waals surface area contributed by atoms with E-state index in [4.69, 9.17) is 0 Å². The molecule has 0 aromatic carbocycles. The summed E-state index contributed by atoms with van der Waals surface area (Å²) in [4.78, 5) is 6.66. The number of rotatable bonds is 6. The molecule has 1 aromatic heterocycles. The zero-order valence-corrected chi connectivity index (χ0v) is 11.9. The van der Waals surface area contributed by atoms with E-state index < -0.39 is 6.10 Å². The molecule has 0 aliphatic heterocycles. The van der Waals surface area contributed by atoms with Crippen LogP contribution in [-0.4, -0.2) is 35.2 Å². The summed E-state index contributed by atoms with van der Waals surface area (Å²) >= 11 is 3.46. The smallest absolute Gasteiger partial charge is 0.185 e. The highest BCUT2D eigenvalue weighted by atomic mass is 32.2. The Morgan fingerprint density at radius 3 is 2.75 bits per heavy atom. The number of anilines is 1. The van der Waals surface area contributed by atoms with E-state index in [9.17, 15) is 5.11 Å². The van der Waals surface area contributed by atoms with Gasteiger partial charge in [0.1, 0.15) is 0 Å². The molecule has 5 heteroatoms. The summed E-state index contributed by atoms with van der Waals surface area (Å²) in [5, 5.41) is 12.4. The van der Waals surface area contributed by atoms with Crippen molar-refractivity contribution in [3.05, 3.63) is 11.1 Å². The van der Waals surface area contributed by atoms with E-state index in [1.54, 1.807) is 18.3 Å². The molecule has 1 rings (SSSR count). The van der Waals surface area contributed by atoms with Crippen molar-refractivity contribution in [3.8, 4) is 0 Å². The van der Waals surface area contributed by atoms with Gasteiger partial charge in [0.2, 0.25) is 0 Å². The highest BCUT2D eigenvalue weighted by molar-refractivity contribution is 7.98. The van der Waals surface area contributed by atoms with Crippen LogP contribution in [0.2, 0.25) is 0 Å². The van der Waals surface area contributed by atoms with Crippen LogP contribution in [-0.2, 0) is 0 Å². The molecular formula is C11H20N2OS2. The normalized spacial score (nSPS) is 14.8. The fourth-order valence-corrected chi connectivity index (χ4v) is 3.28. The number of thioether (sulfide) groups is 1. The lowest BCUT2D eigenvalue weighted by molar-refractivity contribution is 0.195. The van der Waals surface area contributed by atoms with E-state index in [2.05, 4.69) is 30.1 Å². The maximum absolute atomic E-state index is 9.44. The van der Waals surface area contributed by atoms with Crippen molar-refractivity contribution in [2.45, 2.75) is 32.4 Å². The Labute approximate surface area is 106 Å². The van der Waals surface area contributed by atoms with E-state index in [1.165, 1.54) is 0 Å². The molecule has 3 nitrogen and oxygen atoms in total. The van der Waals surface area contributed by atoms with Gasteiger partial charge in [-0.05, 0) is 19.6 Å².